The van der Waals surface area contributed by atoms with Crippen molar-refractivity contribution in [3.8, 4) is 5.75 Å². The molecule has 0 heterocycles. The predicted octanol–water partition coefficient (Wildman–Crippen LogP) is 4.57. The highest BCUT2D eigenvalue weighted by Crippen LogP contribution is 2.21. The molecule has 2 amide bonds. The Labute approximate surface area is 176 Å². The van der Waals surface area contributed by atoms with E-state index in [1.54, 1.807) is 24.3 Å². The molecule has 0 bridgehead atoms. The summed E-state index contributed by atoms with van der Waals surface area (Å²) in [6.07, 6.45) is 0. The largest absolute Gasteiger partial charge is 0.484 e. The molecular weight excluding hydrogens is 414 g/mol. The van der Waals surface area contributed by atoms with Crippen molar-refractivity contribution >= 4 is 29.1 Å². The van der Waals surface area contributed by atoms with Gasteiger partial charge in [-0.15, -0.1) is 0 Å². The van der Waals surface area contributed by atoms with Crippen LogP contribution in [0.25, 0.3) is 0 Å². The Morgan fingerprint density at radius 2 is 1.73 bits per heavy atom. The number of anilines is 1. The molecule has 0 saturated carbocycles. The first-order valence-corrected chi connectivity index (χ1v) is 9.29. The van der Waals surface area contributed by atoms with E-state index in [9.17, 15) is 18.4 Å². The van der Waals surface area contributed by atoms with Gasteiger partial charge in [-0.25, -0.2) is 8.78 Å². The van der Waals surface area contributed by atoms with E-state index in [-0.39, 0.29) is 35.7 Å². The summed E-state index contributed by atoms with van der Waals surface area (Å²) in [5.41, 5.74) is 1.62. The molecule has 0 fully saturated rings. The zero-order valence-corrected chi connectivity index (χ0v) is 16.4. The third kappa shape index (κ3) is 6.02. The van der Waals surface area contributed by atoms with Gasteiger partial charge in [0, 0.05) is 23.9 Å². The summed E-state index contributed by atoms with van der Waals surface area (Å²) in [6.45, 7) is -0.0461. The number of carbonyl (C=O) groups excluding carboxylic acids is 2. The van der Waals surface area contributed by atoms with E-state index in [4.69, 9.17) is 16.3 Å². The molecule has 5 nitrogen and oxygen atoms in total. The maximum absolute atomic E-state index is 13.1. The first-order valence-electron chi connectivity index (χ1n) is 8.91. The van der Waals surface area contributed by atoms with Crippen molar-refractivity contribution < 1.29 is 23.1 Å². The summed E-state index contributed by atoms with van der Waals surface area (Å²) in [7, 11) is 0. The van der Waals surface area contributed by atoms with Gasteiger partial charge in [0.25, 0.3) is 11.8 Å². The number of amides is 2. The Bertz CT molecular complexity index is 1060. The fraction of sp³-hybridized carbons (Fsp3) is 0.0909. The van der Waals surface area contributed by atoms with Crippen LogP contribution in [0.2, 0.25) is 5.02 Å². The van der Waals surface area contributed by atoms with Crippen LogP contribution in [0.4, 0.5) is 14.5 Å². The van der Waals surface area contributed by atoms with Crippen LogP contribution in [-0.2, 0) is 11.3 Å². The first-order chi connectivity index (χ1) is 14.4. The highest BCUT2D eigenvalue weighted by Gasteiger charge is 2.08. The molecule has 0 spiro atoms. The quantitative estimate of drug-likeness (QED) is 0.577. The van der Waals surface area contributed by atoms with E-state index in [1.807, 2.05) is 0 Å². The number of nitrogens with one attached hydrogen (secondary N) is 2. The minimum atomic E-state index is -0.570. The average Bonchev–Trinajstić information content (AvgIpc) is 2.74. The summed E-state index contributed by atoms with van der Waals surface area (Å²) in [5, 5.41) is 5.32. The van der Waals surface area contributed by atoms with Crippen molar-refractivity contribution in [1.82, 2.24) is 5.32 Å². The van der Waals surface area contributed by atoms with Crippen molar-refractivity contribution in [3.05, 3.63) is 94.5 Å². The Morgan fingerprint density at radius 1 is 0.967 bits per heavy atom. The molecule has 0 saturated heterocycles. The second kappa shape index (κ2) is 9.84. The molecule has 3 aromatic rings. The number of hydrogen-bond donors (Lipinski definition) is 2. The van der Waals surface area contributed by atoms with Gasteiger partial charge >= 0.3 is 0 Å². The topological polar surface area (TPSA) is 67.4 Å². The lowest BCUT2D eigenvalue weighted by Crippen LogP contribution is -2.28. The van der Waals surface area contributed by atoms with Gasteiger partial charge in [0.05, 0.1) is 5.02 Å². The summed E-state index contributed by atoms with van der Waals surface area (Å²) in [5.74, 6) is -1.46. The SMILES string of the molecule is O=C(COc1ccc(F)c(Cl)c1)NCc1cccc(NC(=O)c2ccc(F)cc2)c1. The van der Waals surface area contributed by atoms with Crippen LogP contribution in [-0.4, -0.2) is 18.4 Å². The minimum Gasteiger partial charge on any atom is -0.484 e. The monoisotopic (exact) mass is 430 g/mol. The highest BCUT2D eigenvalue weighted by atomic mass is 35.5. The lowest BCUT2D eigenvalue weighted by molar-refractivity contribution is -0.123. The second-order valence-electron chi connectivity index (χ2n) is 6.30. The van der Waals surface area contributed by atoms with Crippen molar-refractivity contribution in [1.29, 1.82) is 0 Å². The van der Waals surface area contributed by atoms with Crippen LogP contribution in [0.3, 0.4) is 0 Å². The van der Waals surface area contributed by atoms with Gasteiger partial charge in [-0.3, -0.25) is 9.59 Å². The van der Waals surface area contributed by atoms with E-state index in [0.717, 1.165) is 11.6 Å². The Morgan fingerprint density at radius 3 is 2.47 bits per heavy atom. The zero-order chi connectivity index (χ0) is 21.5. The Hall–Kier alpha value is -3.45. The molecule has 30 heavy (non-hydrogen) atoms. The van der Waals surface area contributed by atoms with Gasteiger partial charge in [-0.05, 0) is 54.1 Å². The van der Waals surface area contributed by atoms with Gasteiger partial charge in [-0.2, -0.15) is 0 Å². The fourth-order valence-corrected chi connectivity index (χ4v) is 2.70. The molecule has 0 aromatic heterocycles. The van der Waals surface area contributed by atoms with Crippen LogP contribution in [0.5, 0.6) is 5.75 Å². The van der Waals surface area contributed by atoms with Crippen molar-refractivity contribution in [2.75, 3.05) is 11.9 Å². The number of carbonyl (C=O) groups is 2. The first kappa shape index (κ1) is 21.3. The second-order valence-corrected chi connectivity index (χ2v) is 6.71. The Kier molecular flexibility index (Phi) is 6.98. The molecule has 8 heteroatoms. The maximum atomic E-state index is 13.1. The fourth-order valence-electron chi connectivity index (χ4n) is 2.53. The molecule has 3 aromatic carbocycles. The minimum absolute atomic E-state index is 0.0904. The van der Waals surface area contributed by atoms with E-state index >= 15 is 0 Å². The van der Waals surface area contributed by atoms with E-state index in [0.29, 0.717) is 11.3 Å². The van der Waals surface area contributed by atoms with Gasteiger partial charge in [0.2, 0.25) is 0 Å². The van der Waals surface area contributed by atoms with E-state index < -0.39 is 11.6 Å². The molecule has 0 atom stereocenters. The summed E-state index contributed by atoms with van der Waals surface area (Å²) >= 11 is 5.67. The van der Waals surface area contributed by atoms with Crippen molar-refractivity contribution in [2.24, 2.45) is 0 Å². The van der Waals surface area contributed by atoms with Crippen LogP contribution >= 0.6 is 11.6 Å². The van der Waals surface area contributed by atoms with E-state index in [2.05, 4.69) is 10.6 Å². The molecule has 0 unspecified atom stereocenters. The smallest absolute Gasteiger partial charge is 0.258 e. The van der Waals surface area contributed by atoms with E-state index in [1.165, 1.54) is 36.4 Å². The molecular formula is C22H17ClF2N2O3. The van der Waals surface area contributed by atoms with Gasteiger partial charge in [-0.1, -0.05) is 23.7 Å². The van der Waals surface area contributed by atoms with Crippen molar-refractivity contribution in [3.63, 3.8) is 0 Å². The maximum Gasteiger partial charge on any atom is 0.258 e. The average molecular weight is 431 g/mol. The summed E-state index contributed by atoms with van der Waals surface area (Å²) in [4.78, 5) is 24.2. The molecule has 2 N–H and O–H groups in total. The summed E-state index contributed by atoms with van der Waals surface area (Å²) < 4.78 is 31.4. The molecule has 0 aliphatic heterocycles. The molecule has 0 radical (unpaired) electrons. The standard InChI is InChI=1S/C22H17ClF2N2O3/c23-19-11-18(8-9-20(19)25)30-13-21(28)26-12-14-2-1-3-17(10-14)27-22(29)15-4-6-16(24)7-5-15/h1-11H,12-13H2,(H,26,28)(H,27,29). The zero-order valence-electron chi connectivity index (χ0n) is 15.6. The predicted molar refractivity (Wildman–Crippen MR) is 110 cm³/mol. The molecule has 3 rings (SSSR count). The van der Waals surface area contributed by atoms with Crippen LogP contribution < -0.4 is 15.4 Å². The lowest BCUT2D eigenvalue weighted by atomic mass is 10.1. The molecule has 0 aliphatic rings. The van der Waals surface area contributed by atoms with Gasteiger partial charge < -0.3 is 15.4 Å². The third-order valence-corrected chi connectivity index (χ3v) is 4.33. The molecule has 0 aliphatic carbocycles. The van der Waals surface area contributed by atoms with Crippen LogP contribution in [0.1, 0.15) is 15.9 Å². The van der Waals surface area contributed by atoms with Gasteiger partial charge in [0.1, 0.15) is 17.4 Å². The third-order valence-electron chi connectivity index (χ3n) is 4.04. The number of benzene rings is 3. The number of hydrogen-bond acceptors (Lipinski definition) is 3. The van der Waals surface area contributed by atoms with Crippen LogP contribution in [0.15, 0.2) is 66.7 Å². The van der Waals surface area contributed by atoms with Crippen LogP contribution in [0, 0.1) is 11.6 Å². The Balaban J connectivity index is 1.50. The highest BCUT2D eigenvalue weighted by molar-refractivity contribution is 6.30. The number of halogens is 3. The van der Waals surface area contributed by atoms with Gasteiger partial charge in [0.15, 0.2) is 6.61 Å². The lowest BCUT2D eigenvalue weighted by Gasteiger charge is -2.10. The number of ether oxygens (including phenoxy) is 1. The molecule has 154 valence electrons. The van der Waals surface area contributed by atoms with Crippen molar-refractivity contribution in [2.45, 2.75) is 6.54 Å². The summed E-state index contributed by atoms with van der Waals surface area (Å²) in [6, 6.07) is 16.0. The normalized spacial score (nSPS) is 10.4. The number of rotatable bonds is 7.